The minimum atomic E-state index is -1.84. The van der Waals surface area contributed by atoms with Gasteiger partial charge in [-0.2, -0.15) is 0 Å². The molecule has 7 heterocycles. The van der Waals surface area contributed by atoms with Gasteiger partial charge in [0.15, 0.2) is 5.75 Å². The topological polar surface area (TPSA) is 140 Å². The number of carbonyl (C=O) groups is 3. The minimum Gasteiger partial charge on any atom is -0.508 e. The third-order valence-electron chi connectivity index (χ3n) is 7.55. The summed E-state index contributed by atoms with van der Waals surface area (Å²) in [5, 5.41) is 31.3. The molecule has 1 fully saturated rings. The number of anilines is 2. The SMILES string of the molecule is O=C1NC2CC3(O)c4cc(O)ccc4N4C(=O)c5cccc(c5NC43)Oc3ccc(cc3)CC1NC2=O. The van der Waals surface area contributed by atoms with Crippen molar-refractivity contribution >= 4 is 29.1 Å². The first-order valence-corrected chi connectivity index (χ1v) is 12.0. The monoisotopic (exact) mass is 498 g/mol. The summed E-state index contributed by atoms with van der Waals surface area (Å²) in [6.45, 7) is 0. The Hall–Kier alpha value is -4.57. The van der Waals surface area contributed by atoms with Crippen LogP contribution in [0.1, 0.15) is 27.9 Å². The molecule has 3 aromatic carbocycles. The van der Waals surface area contributed by atoms with E-state index in [2.05, 4.69) is 16.0 Å². The Bertz CT molecular complexity index is 1510. The molecule has 0 aliphatic carbocycles. The van der Waals surface area contributed by atoms with Crippen LogP contribution in [0, 0.1) is 0 Å². The van der Waals surface area contributed by atoms with E-state index in [1.165, 1.54) is 17.0 Å². The van der Waals surface area contributed by atoms with Crippen LogP contribution in [-0.4, -0.2) is 46.2 Å². The van der Waals surface area contributed by atoms with Gasteiger partial charge in [0, 0.05) is 18.4 Å². The molecule has 0 radical (unpaired) electrons. The summed E-state index contributed by atoms with van der Waals surface area (Å²) in [7, 11) is 0. The predicted molar refractivity (Wildman–Crippen MR) is 131 cm³/mol. The number of aliphatic hydroxyl groups is 1. The van der Waals surface area contributed by atoms with Crippen LogP contribution in [0.15, 0.2) is 60.7 Å². The number of phenols is 1. The van der Waals surface area contributed by atoms with Crippen LogP contribution in [0.4, 0.5) is 11.4 Å². The molecule has 4 atom stereocenters. The average molecular weight is 498 g/mol. The third-order valence-corrected chi connectivity index (χ3v) is 7.55. The quantitative estimate of drug-likeness (QED) is 0.318. The second-order valence-electron chi connectivity index (χ2n) is 9.80. The molecule has 3 aromatic rings. The highest BCUT2D eigenvalue weighted by Crippen LogP contribution is 2.52. The second kappa shape index (κ2) is 7.47. The average Bonchev–Trinajstić information content (AvgIpc) is 3.11. The smallest absolute Gasteiger partial charge is 0.262 e. The van der Waals surface area contributed by atoms with E-state index >= 15 is 0 Å². The maximum absolute atomic E-state index is 13.8. The Kier molecular flexibility index (Phi) is 4.38. The number of nitrogens with one attached hydrogen (secondary N) is 3. The van der Waals surface area contributed by atoms with E-state index < -0.39 is 29.8 Å². The molecule has 10 rings (SSSR count). The summed E-state index contributed by atoms with van der Waals surface area (Å²) in [4.78, 5) is 41.3. The number of hydrogen-bond donors (Lipinski definition) is 5. The van der Waals surface area contributed by atoms with Crippen molar-refractivity contribution < 1.29 is 29.3 Å². The summed E-state index contributed by atoms with van der Waals surface area (Å²) in [6.07, 6.45) is -0.980. The van der Waals surface area contributed by atoms with Gasteiger partial charge < -0.3 is 30.9 Å². The molecule has 0 aromatic heterocycles. The van der Waals surface area contributed by atoms with Gasteiger partial charge in [-0.3, -0.25) is 19.3 Å². The lowest BCUT2D eigenvalue weighted by Crippen LogP contribution is -2.65. The molecular weight excluding hydrogens is 476 g/mol. The molecule has 4 unspecified atom stereocenters. The van der Waals surface area contributed by atoms with Gasteiger partial charge in [-0.15, -0.1) is 0 Å². The van der Waals surface area contributed by atoms with Crippen LogP contribution in [0.25, 0.3) is 0 Å². The summed E-state index contributed by atoms with van der Waals surface area (Å²) in [5.74, 6) is -0.360. The van der Waals surface area contributed by atoms with Gasteiger partial charge in [-0.05, 0) is 48.0 Å². The number of piperazine rings is 1. The van der Waals surface area contributed by atoms with Crippen LogP contribution < -0.4 is 25.6 Å². The van der Waals surface area contributed by atoms with Gasteiger partial charge in [0.05, 0.1) is 16.9 Å². The first-order chi connectivity index (χ1) is 17.8. The lowest BCUT2D eigenvalue weighted by atomic mass is 9.84. The number of rotatable bonds is 0. The maximum Gasteiger partial charge on any atom is 0.262 e. The van der Waals surface area contributed by atoms with Gasteiger partial charge in [0.1, 0.15) is 35.3 Å². The zero-order chi connectivity index (χ0) is 25.5. The normalized spacial score (nSPS) is 27.2. The zero-order valence-electron chi connectivity index (χ0n) is 19.4. The van der Waals surface area contributed by atoms with Crippen molar-refractivity contribution in [1.82, 2.24) is 10.6 Å². The number of nitrogens with zero attached hydrogens (tertiary/aromatic N) is 1. The lowest BCUT2D eigenvalue weighted by Gasteiger charge is -2.41. The molecule has 186 valence electrons. The summed E-state index contributed by atoms with van der Waals surface area (Å²) < 4.78 is 6.14. The van der Waals surface area contributed by atoms with E-state index in [1.807, 2.05) is 12.1 Å². The van der Waals surface area contributed by atoms with E-state index in [1.54, 1.807) is 36.4 Å². The van der Waals surface area contributed by atoms with Crippen LogP contribution in [-0.2, 0) is 21.6 Å². The van der Waals surface area contributed by atoms with Crippen molar-refractivity contribution in [2.24, 2.45) is 0 Å². The molecule has 0 saturated carbocycles. The third kappa shape index (κ3) is 3.12. The Morgan fingerprint density at radius 3 is 2.49 bits per heavy atom. The fourth-order valence-electron chi connectivity index (χ4n) is 5.75. The van der Waals surface area contributed by atoms with E-state index in [4.69, 9.17) is 4.74 Å². The predicted octanol–water partition coefficient (Wildman–Crippen LogP) is 1.71. The number of fused-ring (bicyclic) bond motifs is 2. The van der Waals surface area contributed by atoms with Crippen molar-refractivity contribution in [2.75, 3.05) is 10.2 Å². The van der Waals surface area contributed by atoms with Crippen LogP contribution >= 0.6 is 0 Å². The molecule has 7 aliphatic heterocycles. The Labute approximate surface area is 210 Å². The van der Waals surface area contributed by atoms with E-state index in [9.17, 15) is 24.6 Å². The number of carbonyl (C=O) groups excluding carboxylic acids is 3. The molecule has 3 amide bonds. The van der Waals surface area contributed by atoms with Crippen molar-refractivity contribution in [3.8, 4) is 17.2 Å². The Balaban J connectivity index is 1.43. The van der Waals surface area contributed by atoms with Crippen molar-refractivity contribution in [3.63, 3.8) is 0 Å². The highest BCUT2D eigenvalue weighted by atomic mass is 16.5. The van der Waals surface area contributed by atoms with Crippen molar-refractivity contribution in [1.29, 1.82) is 0 Å². The molecule has 0 spiro atoms. The van der Waals surface area contributed by atoms with Gasteiger partial charge in [0.25, 0.3) is 5.91 Å². The number of hydrogen-bond acceptors (Lipinski definition) is 7. The number of aromatic hydroxyl groups is 1. The van der Waals surface area contributed by atoms with E-state index in [0.717, 1.165) is 5.56 Å². The summed E-state index contributed by atoms with van der Waals surface area (Å²) >= 11 is 0. The molecule has 6 bridgehead atoms. The van der Waals surface area contributed by atoms with Gasteiger partial charge >= 0.3 is 0 Å². The van der Waals surface area contributed by atoms with Crippen molar-refractivity contribution in [3.05, 3.63) is 77.4 Å². The van der Waals surface area contributed by atoms with Gasteiger partial charge in [-0.25, -0.2) is 0 Å². The minimum absolute atomic E-state index is 0.103. The molecule has 5 N–H and O–H groups in total. The Morgan fingerprint density at radius 2 is 1.68 bits per heavy atom. The number of amides is 3. The van der Waals surface area contributed by atoms with Gasteiger partial charge in [-0.1, -0.05) is 18.2 Å². The van der Waals surface area contributed by atoms with E-state index in [-0.39, 0.29) is 29.5 Å². The highest BCUT2D eigenvalue weighted by Gasteiger charge is 2.57. The first-order valence-electron chi connectivity index (χ1n) is 12.0. The Morgan fingerprint density at radius 1 is 0.919 bits per heavy atom. The molecule has 37 heavy (non-hydrogen) atoms. The van der Waals surface area contributed by atoms with Crippen LogP contribution in [0.2, 0.25) is 0 Å². The molecule has 7 aliphatic rings. The fraction of sp³-hybridized carbons (Fsp3) is 0.222. The summed E-state index contributed by atoms with van der Waals surface area (Å²) in [5.41, 5.74) is 0.409. The summed E-state index contributed by atoms with van der Waals surface area (Å²) in [6, 6.07) is 14.8. The van der Waals surface area contributed by atoms with Crippen LogP contribution in [0.3, 0.4) is 0 Å². The molecule has 10 nitrogen and oxygen atoms in total. The van der Waals surface area contributed by atoms with Gasteiger partial charge in [0.2, 0.25) is 11.8 Å². The zero-order valence-corrected chi connectivity index (χ0v) is 19.4. The van der Waals surface area contributed by atoms with Crippen LogP contribution in [0.5, 0.6) is 17.2 Å². The molecular formula is C27H22N4O6. The first kappa shape index (κ1) is 21.7. The van der Waals surface area contributed by atoms with Crippen molar-refractivity contribution in [2.45, 2.75) is 36.7 Å². The standard InChI is InChI=1S/C27H22N4O6/c32-14-6-9-20-17(11-14)27(36)12-19-24(34)28-18(23(33)29-19)10-13-4-7-15(8-5-13)37-21-3-1-2-16-22(21)30-26(27)31(20)25(16)35/h1-9,11,18-19,26,30,32,36H,10,12H2,(H,28,34)(H,29,33). The number of phenolic OH excluding ortho intramolecular Hbond substituents is 1. The lowest BCUT2D eigenvalue weighted by molar-refractivity contribution is -0.138. The number of para-hydroxylation sites is 1. The molecule has 10 heteroatoms. The second-order valence-corrected chi connectivity index (χ2v) is 9.80. The van der Waals surface area contributed by atoms with E-state index in [0.29, 0.717) is 34.9 Å². The maximum atomic E-state index is 13.8. The highest BCUT2D eigenvalue weighted by molar-refractivity contribution is 6.14. The largest absolute Gasteiger partial charge is 0.508 e. The molecule has 1 saturated heterocycles. The number of benzene rings is 3. The fourth-order valence-corrected chi connectivity index (χ4v) is 5.75. The number of ether oxygens (including phenoxy) is 1.